The summed E-state index contributed by atoms with van der Waals surface area (Å²) < 4.78 is 83.2. The second kappa shape index (κ2) is 31.5. The van der Waals surface area contributed by atoms with Crippen LogP contribution in [0, 0.1) is 0 Å². The molecule has 8 aliphatic heterocycles. The predicted molar refractivity (Wildman–Crippen MR) is 264 cm³/mol. The molecule has 0 amide bonds. The van der Waals surface area contributed by atoms with E-state index in [1.54, 1.807) is 0 Å². The highest BCUT2D eigenvalue weighted by Crippen LogP contribution is 2.39. The maximum atomic E-state index is 11.4. The molecule has 0 bridgehead atoms. The van der Waals surface area contributed by atoms with Gasteiger partial charge in [-0.1, -0.05) is 0 Å². The van der Waals surface area contributed by atoms with Crippen LogP contribution in [0.3, 0.4) is 0 Å². The van der Waals surface area contributed by atoms with E-state index < -0.39 is 299 Å². The topological polar surface area (TPSA) is 664 Å². The Bertz CT molecular complexity index is 2120. The minimum Gasteiger partial charge on any atom is -0.394 e. The Labute approximate surface area is 501 Å². The van der Waals surface area contributed by atoms with Crippen LogP contribution in [-0.4, -0.2) is 431 Å². The van der Waals surface area contributed by atoms with E-state index in [4.69, 9.17) is 71.1 Å². The third-order valence-corrected chi connectivity index (χ3v) is 16.7. The standard InChI is InChI=1S/C48H82O41/c49-1-9-17(57)19(59)26(66)42(76-9)83-34-11(3-51)77-43(27(67)20(34)60)84-35-12(4-52)78-44(28(68)21(35)61)85-36-13(5-53)79-45(29(69)22(36)62)86-37-14(6-54)80-46(30(70)23(37)63)87-38-15(7-55)81-47(31(71)24(38)64)88-39-16(8-56)82-48(32(72)25(39)65)89-40-18(58)10(2-50)75-41(74)33(40)73/h9-74H,1-8H2/t9-,10-,11-,12-,13-,14-,15-,16-,17-,18-,19+,20+,21-,22-,23-,24+,25-,26-,27-,28-,29-,30-,31-,32-,33-,34-,35-,36-,37-,38-,39-,40+,41?,42+,43+,44+,45+,46+,47+,48+/m1/s1. The zero-order valence-corrected chi connectivity index (χ0v) is 46.5. The highest BCUT2D eigenvalue weighted by molar-refractivity contribution is 5.02. The van der Waals surface area contributed by atoms with E-state index in [9.17, 15) is 133 Å². The molecule has 41 nitrogen and oxygen atoms in total. The molecular formula is C48H82O41. The molecule has 40 atom stereocenters. The van der Waals surface area contributed by atoms with Crippen molar-refractivity contribution >= 4 is 0 Å². The van der Waals surface area contributed by atoms with Crippen LogP contribution in [0.15, 0.2) is 0 Å². The Morgan fingerprint density at radius 3 is 0.562 bits per heavy atom. The first-order valence-corrected chi connectivity index (χ1v) is 28.2. The number of hydrogen-bond acceptors (Lipinski definition) is 41. The fraction of sp³-hybridized carbons (Fsp3) is 1.00. The SMILES string of the molecule is OC[C@H]1O[C@@H](O[C@H]2[C@@H](O)[C@@H](O)[C@H](O[C@H]3[C@H](O)[C@@H](O)[C@H](O[C@H]4[C@H](O)[C@@H](O)[C@H](O[C@H]5[C@H](O)[C@@H](O)[C@H](O[C@H]6[C@@H](O)[C@@H](O)[C@H](O[C@H]7[C@H](O)[C@@H](O)[C@H](O[C@H]8[C@H](O)[C@@H](CO)OC(O)[C@@H]8O)O[C@@H]7CO)O[C@@H]6CO)O[C@@H]5CO)O[C@@H]4CO)O[C@@H]3CO)O[C@@H]2CO)[C@H](O)[C@@H](O)[C@@H]1O. The van der Waals surface area contributed by atoms with E-state index in [0.29, 0.717) is 0 Å². The molecule has 0 saturated carbocycles. The van der Waals surface area contributed by atoms with Crippen molar-refractivity contribution in [3.05, 3.63) is 0 Å². The molecule has 0 aromatic carbocycles. The molecule has 0 radical (unpaired) electrons. The maximum absolute atomic E-state index is 11.4. The second-order valence-electron chi connectivity index (χ2n) is 22.4. The number of rotatable bonds is 22. The van der Waals surface area contributed by atoms with Crippen molar-refractivity contribution in [2.45, 2.75) is 246 Å². The van der Waals surface area contributed by atoms with E-state index in [1.165, 1.54) is 0 Å². The van der Waals surface area contributed by atoms with E-state index >= 15 is 0 Å². The van der Waals surface area contributed by atoms with Crippen LogP contribution >= 0.6 is 0 Å². The summed E-state index contributed by atoms with van der Waals surface area (Å²) in [5, 5.41) is 277. The average molecular weight is 1320 g/mol. The fourth-order valence-corrected chi connectivity index (χ4v) is 11.5. The van der Waals surface area contributed by atoms with Gasteiger partial charge in [-0.3, -0.25) is 0 Å². The Balaban J connectivity index is 0.850. The average Bonchev–Trinajstić information content (AvgIpc) is 0.925. The Hall–Kier alpha value is -1.64. The molecule has 520 valence electrons. The minimum absolute atomic E-state index is 0.852. The summed E-state index contributed by atoms with van der Waals surface area (Å²) in [4.78, 5) is 0. The summed E-state index contributed by atoms with van der Waals surface area (Å²) in [7, 11) is 0. The van der Waals surface area contributed by atoms with Crippen molar-refractivity contribution < 1.29 is 204 Å². The lowest BCUT2D eigenvalue weighted by Crippen LogP contribution is -2.68. The van der Waals surface area contributed by atoms with Gasteiger partial charge in [0.1, 0.15) is 195 Å². The van der Waals surface area contributed by atoms with Crippen molar-refractivity contribution in [1.29, 1.82) is 0 Å². The third kappa shape index (κ3) is 15.0. The molecule has 8 rings (SSSR count). The number of aliphatic hydroxyl groups is 26. The van der Waals surface area contributed by atoms with Gasteiger partial charge < -0.3 is 204 Å². The van der Waals surface area contributed by atoms with E-state index in [-0.39, 0.29) is 0 Å². The molecule has 41 heteroatoms. The Kier molecular flexibility index (Phi) is 25.9. The van der Waals surface area contributed by atoms with Gasteiger partial charge in [0.25, 0.3) is 0 Å². The summed E-state index contributed by atoms with van der Waals surface area (Å²) in [5.74, 6) is 0. The molecule has 0 aliphatic carbocycles. The number of ether oxygens (including phenoxy) is 15. The van der Waals surface area contributed by atoms with Gasteiger partial charge in [0.15, 0.2) is 50.3 Å². The lowest BCUT2D eigenvalue weighted by Gasteiger charge is -2.50. The first-order chi connectivity index (χ1) is 42.2. The minimum atomic E-state index is -2.26. The predicted octanol–water partition coefficient (Wildman–Crippen LogP) is -18.5. The zero-order valence-electron chi connectivity index (χ0n) is 46.5. The molecule has 0 aromatic rings. The van der Waals surface area contributed by atoms with Gasteiger partial charge in [-0.2, -0.15) is 0 Å². The summed E-state index contributed by atoms with van der Waals surface area (Å²) in [6.07, 6.45) is -78.5. The Morgan fingerprint density at radius 2 is 0.348 bits per heavy atom. The Morgan fingerprint density at radius 1 is 0.169 bits per heavy atom. The van der Waals surface area contributed by atoms with Gasteiger partial charge in [-0.15, -0.1) is 0 Å². The van der Waals surface area contributed by atoms with Crippen molar-refractivity contribution in [3.63, 3.8) is 0 Å². The first-order valence-electron chi connectivity index (χ1n) is 28.2. The quantitative estimate of drug-likeness (QED) is 0.0479. The lowest BCUT2D eigenvalue weighted by molar-refractivity contribution is -0.399. The van der Waals surface area contributed by atoms with E-state index in [1.807, 2.05) is 0 Å². The van der Waals surface area contributed by atoms with Crippen molar-refractivity contribution in [1.82, 2.24) is 0 Å². The van der Waals surface area contributed by atoms with E-state index in [0.717, 1.165) is 0 Å². The molecule has 26 N–H and O–H groups in total. The van der Waals surface area contributed by atoms with Crippen LogP contribution in [0.5, 0.6) is 0 Å². The largest absolute Gasteiger partial charge is 0.394 e. The van der Waals surface area contributed by atoms with Crippen molar-refractivity contribution in [2.75, 3.05) is 52.9 Å². The first kappa shape index (κ1) is 73.2. The monoisotopic (exact) mass is 1310 g/mol. The summed E-state index contributed by atoms with van der Waals surface area (Å²) in [5.41, 5.74) is 0. The summed E-state index contributed by atoms with van der Waals surface area (Å²) >= 11 is 0. The van der Waals surface area contributed by atoms with Crippen molar-refractivity contribution in [3.8, 4) is 0 Å². The molecule has 89 heavy (non-hydrogen) atoms. The smallest absolute Gasteiger partial charge is 0.187 e. The lowest BCUT2D eigenvalue weighted by atomic mass is 9.95. The third-order valence-electron chi connectivity index (χ3n) is 16.7. The van der Waals surface area contributed by atoms with Crippen LogP contribution in [0.2, 0.25) is 0 Å². The fourth-order valence-electron chi connectivity index (χ4n) is 11.5. The van der Waals surface area contributed by atoms with Gasteiger partial charge in [0, 0.05) is 0 Å². The highest BCUT2D eigenvalue weighted by atomic mass is 16.8. The van der Waals surface area contributed by atoms with Crippen LogP contribution in [0.4, 0.5) is 0 Å². The van der Waals surface area contributed by atoms with Gasteiger partial charge in [-0.25, -0.2) is 0 Å². The maximum Gasteiger partial charge on any atom is 0.187 e. The van der Waals surface area contributed by atoms with Gasteiger partial charge in [-0.05, 0) is 0 Å². The molecule has 0 aromatic heterocycles. The highest BCUT2D eigenvalue weighted by Gasteiger charge is 2.59. The summed E-state index contributed by atoms with van der Waals surface area (Å²) in [6.45, 7) is -8.05. The molecule has 8 fully saturated rings. The van der Waals surface area contributed by atoms with Crippen LogP contribution in [-0.2, 0) is 71.1 Å². The normalized spacial score (nSPS) is 53.6. The van der Waals surface area contributed by atoms with Crippen LogP contribution < -0.4 is 0 Å². The zero-order chi connectivity index (χ0) is 65.4. The van der Waals surface area contributed by atoms with E-state index in [2.05, 4.69) is 0 Å². The molecular weight excluding hydrogens is 1230 g/mol. The van der Waals surface area contributed by atoms with Crippen LogP contribution in [0.25, 0.3) is 0 Å². The molecule has 8 aliphatic rings. The number of aliphatic hydroxyl groups excluding tert-OH is 26. The van der Waals surface area contributed by atoms with Crippen LogP contribution in [0.1, 0.15) is 0 Å². The molecule has 8 heterocycles. The molecule has 1 unspecified atom stereocenters. The van der Waals surface area contributed by atoms with Crippen molar-refractivity contribution in [2.24, 2.45) is 0 Å². The number of hydrogen-bond donors (Lipinski definition) is 26. The van der Waals surface area contributed by atoms with Gasteiger partial charge in [0.05, 0.1) is 52.9 Å². The molecule has 8 saturated heterocycles. The van der Waals surface area contributed by atoms with Gasteiger partial charge >= 0.3 is 0 Å². The second-order valence-corrected chi connectivity index (χ2v) is 22.4. The van der Waals surface area contributed by atoms with Gasteiger partial charge in [0.2, 0.25) is 0 Å². The summed E-state index contributed by atoms with van der Waals surface area (Å²) in [6, 6.07) is 0. The molecule has 0 spiro atoms.